The van der Waals surface area contributed by atoms with Crippen molar-refractivity contribution in [3.8, 4) is 5.69 Å². The molecule has 2 heterocycles. The molecule has 0 fully saturated rings. The monoisotopic (exact) mass is 439 g/mol. The lowest BCUT2D eigenvalue weighted by atomic mass is 10.1. The van der Waals surface area contributed by atoms with Gasteiger partial charge in [0.1, 0.15) is 10.5 Å². The molecular formula is C22H18FN3O2S2. The van der Waals surface area contributed by atoms with E-state index < -0.39 is 5.82 Å². The van der Waals surface area contributed by atoms with Crippen molar-refractivity contribution in [2.75, 3.05) is 11.1 Å². The number of halogens is 1. The van der Waals surface area contributed by atoms with Crippen molar-refractivity contribution in [3.05, 3.63) is 81.2 Å². The van der Waals surface area contributed by atoms with E-state index in [2.05, 4.69) is 10.3 Å². The number of amides is 1. The van der Waals surface area contributed by atoms with E-state index in [0.29, 0.717) is 26.7 Å². The summed E-state index contributed by atoms with van der Waals surface area (Å²) in [6, 6.07) is 13.4. The summed E-state index contributed by atoms with van der Waals surface area (Å²) >= 11 is 2.52. The summed E-state index contributed by atoms with van der Waals surface area (Å²) in [5.74, 6) is -0.699. The van der Waals surface area contributed by atoms with Gasteiger partial charge in [0, 0.05) is 5.69 Å². The fraction of sp³-hybridized carbons (Fsp3) is 0.136. The molecule has 1 amide bonds. The van der Waals surface area contributed by atoms with Crippen LogP contribution in [0.4, 0.5) is 10.1 Å². The first-order chi connectivity index (χ1) is 14.4. The Kier molecular flexibility index (Phi) is 5.69. The normalized spacial score (nSPS) is 11.0. The van der Waals surface area contributed by atoms with Gasteiger partial charge in [0.15, 0.2) is 5.16 Å². The SMILES string of the molecule is Cc1cc(C)cc(-n2c(SCC(=O)Nc3cccc(F)c3)nc3ccsc3c2=O)c1. The number of nitrogens with zero attached hydrogens (tertiary/aromatic N) is 2. The van der Waals surface area contributed by atoms with Crippen LogP contribution in [-0.2, 0) is 4.79 Å². The highest BCUT2D eigenvalue weighted by atomic mass is 32.2. The Balaban J connectivity index is 1.67. The van der Waals surface area contributed by atoms with Crippen LogP contribution in [-0.4, -0.2) is 21.2 Å². The third-order valence-corrected chi connectivity index (χ3v) is 6.18. The van der Waals surface area contributed by atoms with Gasteiger partial charge >= 0.3 is 0 Å². The molecule has 0 saturated heterocycles. The molecule has 4 rings (SSSR count). The molecule has 0 bridgehead atoms. The van der Waals surface area contributed by atoms with Crippen molar-refractivity contribution in [2.24, 2.45) is 0 Å². The van der Waals surface area contributed by atoms with E-state index >= 15 is 0 Å². The zero-order valence-corrected chi connectivity index (χ0v) is 17.9. The zero-order chi connectivity index (χ0) is 21.3. The Morgan fingerprint density at radius 3 is 2.67 bits per heavy atom. The van der Waals surface area contributed by atoms with Gasteiger partial charge in [0.25, 0.3) is 5.56 Å². The summed E-state index contributed by atoms with van der Waals surface area (Å²) in [7, 11) is 0. The summed E-state index contributed by atoms with van der Waals surface area (Å²) in [5.41, 5.74) is 3.61. The van der Waals surface area contributed by atoms with Crippen LogP contribution >= 0.6 is 23.1 Å². The summed E-state index contributed by atoms with van der Waals surface area (Å²) in [5, 5.41) is 4.93. The number of thioether (sulfide) groups is 1. The second-order valence-electron chi connectivity index (χ2n) is 6.86. The third-order valence-electron chi connectivity index (χ3n) is 4.35. The van der Waals surface area contributed by atoms with Crippen molar-refractivity contribution < 1.29 is 9.18 Å². The van der Waals surface area contributed by atoms with Crippen LogP contribution in [0.5, 0.6) is 0 Å². The summed E-state index contributed by atoms with van der Waals surface area (Å²) in [4.78, 5) is 30.2. The second-order valence-corrected chi connectivity index (χ2v) is 8.72. The van der Waals surface area contributed by atoms with Gasteiger partial charge in [0.05, 0.1) is 17.0 Å². The van der Waals surface area contributed by atoms with Gasteiger partial charge < -0.3 is 5.32 Å². The largest absolute Gasteiger partial charge is 0.325 e. The fourth-order valence-corrected chi connectivity index (χ4v) is 4.76. The Morgan fingerprint density at radius 1 is 1.17 bits per heavy atom. The van der Waals surface area contributed by atoms with Crippen LogP contribution < -0.4 is 10.9 Å². The highest BCUT2D eigenvalue weighted by Crippen LogP contribution is 2.25. The van der Waals surface area contributed by atoms with Gasteiger partial charge in [-0.2, -0.15) is 0 Å². The molecule has 0 saturated carbocycles. The maximum Gasteiger partial charge on any atom is 0.276 e. The predicted octanol–water partition coefficient (Wildman–Crippen LogP) is 4.93. The van der Waals surface area contributed by atoms with E-state index in [-0.39, 0.29) is 17.2 Å². The van der Waals surface area contributed by atoms with E-state index in [1.807, 2.05) is 37.4 Å². The lowest BCUT2D eigenvalue weighted by Crippen LogP contribution is -2.22. The summed E-state index contributed by atoms with van der Waals surface area (Å²) in [6.45, 7) is 3.94. The molecule has 0 unspecified atom stereocenters. The summed E-state index contributed by atoms with van der Waals surface area (Å²) < 4.78 is 15.5. The Bertz CT molecular complexity index is 1290. The third kappa shape index (κ3) is 4.29. The maximum absolute atomic E-state index is 13.3. The highest BCUT2D eigenvalue weighted by molar-refractivity contribution is 7.99. The molecule has 8 heteroatoms. The molecule has 0 aliphatic heterocycles. The number of hydrogen-bond acceptors (Lipinski definition) is 5. The Morgan fingerprint density at radius 2 is 1.93 bits per heavy atom. The number of carbonyl (C=O) groups excluding carboxylic acids is 1. The standard InChI is InChI=1S/C22H18FN3O2S2/c1-13-8-14(2)10-17(9-13)26-21(28)20-18(6-7-29-20)25-22(26)30-12-19(27)24-16-5-3-4-15(23)11-16/h3-11H,12H2,1-2H3,(H,24,27). The number of nitrogens with one attached hydrogen (secondary N) is 1. The second kappa shape index (κ2) is 8.41. The predicted molar refractivity (Wildman–Crippen MR) is 120 cm³/mol. The first-order valence-corrected chi connectivity index (χ1v) is 11.0. The van der Waals surface area contributed by atoms with Crippen LogP contribution in [0.1, 0.15) is 11.1 Å². The molecule has 5 nitrogen and oxygen atoms in total. The topological polar surface area (TPSA) is 64.0 Å². The van der Waals surface area contributed by atoms with E-state index in [4.69, 9.17) is 0 Å². The van der Waals surface area contributed by atoms with Gasteiger partial charge in [-0.05, 0) is 66.8 Å². The minimum Gasteiger partial charge on any atom is -0.325 e. The van der Waals surface area contributed by atoms with Crippen molar-refractivity contribution in [3.63, 3.8) is 0 Å². The molecule has 4 aromatic rings. The van der Waals surface area contributed by atoms with Gasteiger partial charge in [-0.3, -0.25) is 14.2 Å². The highest BCUT2D eigenvalue weighted by Gasteiger charge is 2.16. The molecule has 30 heavy (non-hydrogen) atoms. The maximum atomic E-state index is 13.3. The van der Waals surface area contributed by atoms with E-state index in [0.717, 1.165) is 11.1 Å². The molecule has 0 aliphatic rings. The van der Waals surface area contributed by atoms with Crippen LogP contribution in [0.25, 0.3) is 15.9 Å². The van der Waals surface area contributed by atoms with Crippen molar-refractivity contribution in [2.45, 2.75) is 19.0 Å². The lowest BCUT2D eigenvalue weighted by molar-refractivity contribution is -0.113. The lowest BCUT2D eigenvalue weighted by Gasteiger charge is -2.13. The molecule has 2 aromatic carbocycles. The zero-order valence-electron chi connectivity index (χ0n) is 16.3. The fourth-order valence-electron chi connectivity index (χ4n) is 3.19. The number of rotatable bonds is 5. The van der Waals surface area contributed by atoms with E-state index in [1.54, 1.807) is 16.7 Å². The number of thiophene rings is 1. The van der Waals surface area contributed by atoms with Crippen molar-refractivity contribution >= 4 is 44.9 Å². The number of benzene rings is 2. The number of carbonyl (C=O) groups is 1. The quantitative estimate of drug-likeness (QED) is 0.354. The first kappa shape index (κ1) is 20.3. The van der Waals surface area contributed by atoms with Crippen LogP contribution in [0.15, 0.2) is 63.9 Å². The molecule has 152 valence electrons. The van der Waals surface area contributed by atoms with Gasteiger partial charge in [-0.1, -0.05) is 23.9 Å². The van der Waals surface area contributed by atoms with Crippen LogP contribution in [0.3, 0.4) is 0 Å². The molecule has 0 spiro atoms. The van der Waals surface area contributed by atoms with Crippen LogP contribution in [0, 0.1) is 19.7 Å². The van der Waals surface area contributed by atoms with Crippen molar-refractivity contribution in [1.29, 1.82) is 0 Å². The average molecular weight is 440 g/mol. The minimum absolute atomic E-state index is 0.0311. The van der Waals surface area contributed by atoms with E-state index in [1.165, 1.54) is 41.3 Å². The molecular weight excluding hydrogens is 421 g/mol. The van der Waals surface area contributed by atoms with Crippen LogP contribution in [0.2, 0.25) is 0 Å². The number of aromatic nitrogens is 2. The molecule has 1 N–H and O–H groups in total. The van der Waals surface area contributed by atoms with Crippen molar-refractivity contribution in [1.82, 2.24) is 9.55 Å². The first-order valence-electron chi connectivity index (χ1n) is 9.18. The molecule has 0 radical (unpaired) electrons. The average Bonchev–Trinajstić information content (AvgIpc) is 3.14. The van der Waals surface area contributed by atoms with E-state index in [9.17, 15) is 14.0 Å². The van der Waals surface area contributed by atoms with Gasteiger partial charge in [-0.15, -0.1) is 11.3 Å². The smallest absolute Gasteiger partial charge is 0.276 e. The number of aryl methyl sites for hydroxylation is 2. The summed E-state index contributed by atoms with van der Waals surface area (Å²) in [6.07, 6.45) is 0. The number of hydrogen-bond donors (Lipinski definition) is 1. The molecule has 0 atom stereocenters. The minimum atomic E-state index is -0.423. The Hall–Kier alpha value is -2.97. The molecule has 0 aliphatic carbocycles. The Labute approximate surface area is 180 Å². The van der Waals surface area contributed by atoms with Gasteiger partial charge in [-0.25, -0.2) is 9.37 Å². The number of anilines is 1. The van der Waals surface area contributed by atoms with Gasteiger partial charge in [0.2, 0.25) is 5.91 Å². The number of fused-ring (bicyclic) bond motifs is 1. The molecule has 2 aromatic heterocycles.